The lowest BCUT2D eigenvalue weighted by Crippen LogP contribution is -2.92. The zero-order valence-corrected chi connectivity index (χ0v) is 20.1. The average Bonchev–Trinajstić information content (AvgIpc) is 3.05. The smallest absolute Gasteiger partial charge is 0.430 e. The molecule has 4 rings (SSSR count). The number of nitrogens with two attached hydrogens (primary N) is 1. The van der Waals surface area contributed by atoms with Gasteiger partial charge in [-0.1, -0.05) is 25.5 Å². The molecular weight excluding hydrogens is 439 g/mol. The SMILES string of the molecule is C[C@]12CC[C@H](O)CC1=CCC1C2CC[C@@]2(C)C1CC[C@@H]2[NH2+]CCCS.O=C([O-])C(F)(F)F. The van der Waals surface area contributed by atoms with E-state index in [2.05, 4.69) is 37.9 Å². The number of aliphatic hydroxyl groups is 1. The topological polar surface area (TPSA) is 77.0 Å². The molecule has 0 heterocycles. The Kier molecular flexibility index (Phi) is 7.98. The van der Waals surface area contributed by atoms with Gasteiger partial charge in [0.05, 0.1) is 18.7 Å². The number of aliphatic hydroxyl groups excluding tert-OH is 1. The molecule has 0 aromatic rings. The molecule has 0 bridgehead atoms. The summed E-state index contributed by atoms with van der Waals surface area (Å²) >= 11 is 4.39. The van der Waals surface area contributed by atoms with Crippen LogP contribution in [0.25, 0.3) is 0 Å². The molecule has 4 nitrogen and oxygen atoms in total. The molecule has 0 aromatic carbocycles. The molecule has 32 heavy (non-hydrogen) atoms. The lowest BCUT2D eigenvalue weighted by Gasteiger charge is -2.57. The zero-order chi connectivity index (χ0) is 23.7. The van der Waals surface area contributed by atoms with Crippen LogP contribution >= 0.6 is 12.6 Å². The number of fused-ring (bicyclic) bond motifs is 5. The third kappa shape index (κ3) is 5.02. The van der Waals surface area contributed by atoms with Crippen molar-refractivity contribution < 1.29 is 33.5 Å². The van der Waals surface area contributed by atoms with Crippen molar-refractivity contribution >= 4 is 18.6 Å². The molecule has 3 saturated carbocycles. The molecule has 3 unspecified atom stereocenters. The van der Waals surface area contributed by atoms with Gasteiger partial charge in [0.2, 0.25) is 0 Å². The van der Waals surface area contributed by atoms with Crippen molar-refractivity contribution in [3.05, 3.63) is 11.6 Å². The van der Waals surface area contributed by atoms with Gasteiger partial charge in [0, 0.05) is 18.3 Å². The van der Waals surface area contributed by atoms with E-state index in [1.165, 1.54) is 51.5 Å². The van der Waals surface area contributed by atoms with E-state index in [9.17, 15) is 18.3 Å². The summed E-state index contributed by atoms with van der Waals surface area (Å²) in [5.74, 6) is 0.698. The molecule has 4 aliphatic rings. The van der Waals surface area contributed by atoms with Gasteiger partial charge in [-0.3, -0.25) is 0 Å². The number of carboxylic acids is 1. The van der Waals surface area contributed by atoms with Crippen molar-refractivity contribution in [3.8, 4) is 0 Å². The number of aliphatic carboxylic acids is 1. The maximum Gasteiger partial charge on any atom is 0.430 e. The fourth-order valence-electron chi connectivity index (χ4n) is 7.48. The largest absolute Gasteiger partial charge is 0.542 e. The Morgan fingerprint density at radius 1 is 1.22 bits per heavy atom. The van der Waals surface area contributed by atoms with Gasteiger partial charge in [0.25, 0.3) is 0 Å². The van der Waals surface area contributed by atoms with Crippen LogP contribution in [0.5, 0.6) is 0 Å². The number of thiol groups is 1. The minimum Gasteiger partial charge on any atom is -0.542 e. The van der Waals surface area contributed by atoms with Crippen LogP contribution in [0.2, 0.25) is 0 Å². The quantitative estimate of drug-likeness (QED) is 0.331. The van der Waals surface area contributed by atoms with E-state index in [0.717, 1.165) is 42.4 Å². The number of alkyl halides is 3. The van der Waals surface area contributed by atoms with Crippen molar-refractivity contribution in [1.29, 1.82) is 0 Å². The number of hydrogen-bond donors (Lipinski definition) is 3. The van der Waals surface area contributed by atoms with Gasteiger partial charge in [0.1, 0.15) is 5.97 Å². The summed E-state index contributed by atoms with van der Waals surface area (Å²) in [5.41, 5.74) is 2.54. The number of carbonyl (C=O) groups is 1. The first-order valence-electron chi connectivity index (χ1n) is 12.0. The number of hydrogen-bond acceptors (Lipinski definition) is 4. The maximum atomic E-state index is 10.5. The second-order valence-corrected chi connectivity index (χ2v) is 11.2. The van der Waals surface area contributed by atoms with E-state index in [1.807, 2.05) is 0 Å². The number of carbonyl (C=O) groups excluding carboxylic acids is 1. The van der Waals surface area contributed by atoms with Gasteiger partial charge in [0.15, 0.2) is 0 Å². The van der Waals surface area contributed by atoms with Crippen molar-refractivity contribution in [2.45, 2.75) is 90.0 Å². The van der Waals surface area contributed by atoms with Crippen LogP contribution in [0, 0.1) is 28.6 Å². The van der Waals surface area contributed by atoms with Gasteiger partial charge < -0.3 is 20.3 Å². The number of halogens is 3. The summed E-state index contributed by atoms with van der Waals surface area (Å²) in [6.45, 7) is 6.41. The maximum absolute atomic E-state index is 10.5. The van der Waals surface area contributed by atoms with Gasteiger partial charge in [-0.05, 0) is 73.9 Å². The van der Waals surface area contributed by atoms with Crippen LogP contribution < -0.4 is 10.4 Å². The highest BCUT2D eigenvalue weighted by Gasteiger charge is 2.59. The molecule has 3 N–H and O–H groups in total. The first kappa shape index (κ1) is 25.9. The molecule has 0 amide bonds. The van der Waals surface area contributed by atoms with Crippen LogP contribution in [0.4, 0.5) is 13.2 Å². The van der Waals surface area contributed by atoms with E-state index in [0.29, 0.717) is 10.8 Å². The Bertz CT molecular complexity index is 715. The Labute approximate surface area is 194 Å². The fourth-order valence-corrected chi connectivity index (χ4v) is 7.66. The second kappa shape index (κ2) is 9.87. The lowest BCUT2D eigenvalue weighted by atomic mass is 9.48. The zero-order valence-electron chi connectivity index (χ0n) is 19.2. The van der Waals surface area contributed by atoms with Crippen molar-refractivity contribution in [2.75, 3.05) is 12.3 Å². The molecule has 0 radical (unpaired) electrons. The summed E-state index contributed by atoms with van der Waals surface area (Å²) in [6, 6.07) is 0.838. The van der Waals surface area contributed by atoms with E-state index < -0.39 is 12.1 Å². The average molecular weight is 478 g/mol. The monoisotopic (exact) mass is 477 g/mol. The minimum atomic E-state index is -5.19. The van der Waals surface area contributed by atoms with E-state index in [1.54, 1.807) is 5.57 Å². The number of quaternary nitrogens is 1. The van der Waals surface area contributed by atoms with Crippen molar-refractivity contribution in [3.63, 3.8) is 0 Å². The Morgan fingerprint density at radius 2 is 1.91 bits per heavy atom. The van der Waals surface area contributed by atoms with Gasteiger partial charge in [-0.15, -0.1) is 0 Å². The first-order chi connectivity index (χ1) is 14.9. The number of carboxylic acid groups (broad SMARTS) is 1. The third-order valence-corrected chi connectivity index (χ3v) is 9.51. The van der Waals surface area contributed by atoms with Crippen molar-refractivity contribution in [2.24, 2.45) is 28.6 Å². The van der Waals surface area contributed by atoms with Crippen LogP contribution in [-0.4, -0.2) is 41.7 Å². The highest BCUT2D eigenvalue weighted by molar-refractivity contribution is 7.80. The third-order valence-electron chi connectivity index (χ3n) is 9.20. The van der Waals surface area contributed by atoms with Crippen LogP contribution in [0.1, 0.15) is 71.6 Å². The van der Waals surface area contributed by atoms with Crippen LogP contribution in [0.15, 0.2) is 11.6 Å². The minimum absolute atomic E-state index is 0.0815. The fraction of sp³-hybridized carbons (Fsp3) is 0.875. The molecule has 3 fully saturated rings. The first-order valence-corrected chi connectivity index (χ1v) is 12.7. The summed E-state index contributed by atoms with van der Waals surface area (Å²) in [7, 11) is 0. The highest BCUT2D eigenvalue weighted by atomic mass is 32.1. The molecule has 8 heteroatoms. The van der Waals surface area contributed by atoms with E-state index >= 15 is 0 Å². The molecule has 7 atom stereocenters. The second-order valence-electron chi connectivity index (χ2n) is 10.8. The molecule has 4 aliphatic carbocycles. The van der Waals surface area contributed by atoms with Crippen LogP contribution in [-0.2, 0) is 4.79 Å². The van der Waals surface area contributed by atoms with E-state index in [4.69, 9.17) is 9.90 Å². The standard InChI is InChI=1S/C22H37NOS.C2HF3O2/c1-21-10-8-16(24)14-15(21)4-5-17-18-6-7-20(23-12-3-13-25)22(18,2)11-9-19(17)21;3-2(4,5)1(6)7/h4,16-20,23-25H,3,5-14H2,1-2H3;(H,6,7)/t16-,17?,18?,19?,20-,21-,22-;/m0./s1. The molecule has 0 spiro atoms. The Hall–Kier alpha value is -0.730. The highest BCUT2D eigenvalue weighted by Crippen LogP contribution is 2.64. The Balaban J connectivity index is 0.000000360. The number of allylic oxidation sites excluding steroid dienone is 1. The summed E-state index contributed by atoms with van der Waals surface area (Å²) in [5, 5.41) is 21.6. The van der Waals surface area contributed by atoms with Gasteiger partial charge in [-0.2, -0.15) is 25.8 Å². The van der Waals surface area contributed by atoms with Gasteiger partial charge in [-0.25, -0.2) is 0 Å². The predicted octanol–water partition coefficient (Wildman–Crippen LogP) is 2.86. The molecule has 0 aliphatic heterocycles. The summed E-state index contributed by atoms with van der Waals surface area (Å²) in [6.07, 6.45) is 8.68. The lowest BCUT2D eigenvalue weighted by molar-refractivity contribution is -0.701. The normalized spacial score (nSPS) is 40.8. The predicted molar refractivity (Wildman–Crippen MR) is 118 cm³/mol. The molecule has 0 saturated heterocycles. The molecular formula is C24H38F3NO3S. The van der Waals surface area contributed by atoms with Gasteiger partial charge >= 0.3 is 6.18 Å². The van der Waals surface area contributed by atoms with Crippen molar-refractivity contribution in [1.82, 2.24) is 0 Å². The summed E-state index contributed by atoms with van der Waals surface area (Å²) in [4.78, 5) is 8.78. The van der Waals surface area contributed by atoms with Crippen LogP contribution in [0.3, 0.4) is 0 Å². The molecule has 184 valence electrons. The Morgan fingerprint density at radius 3 is 2.53 bits per heavy atom. The molecule has 0 aromatic heterocycles. The van der Waals surface area contributed by atoms with E-state index in [-0.39, 0.29) is 6.10 Å². The number of rotatable bonds is 4. The summed E-state index contributed by atoms with van der Waals surface area (Å²) < 4.78 is 31.5.